The van der Waals surface area contributed by atoms with Crippen LogP contribution in [0.15, 0.2) is 65.0 Å². The quantitative estimate of drug-likeness (QED) is 0.505. The number of carbonyl (C=O) groups is 1. The highest BCUT2D eigenvalue weighted by Gasteiger charge is 2.19. The van der Waals surface area contributed by atoms with E-state index in [2.05, 4.69) is 5.32 Å². The van der Waals surface area contributed by atoms with Crippen molar-refractivity contribution >= 4 is 17.7 Å². The van der Waals surface area contributed by atoms with Crippen LogP contribution >= 0.6 is 0 Å². The van der Waals surface area contributed by atoms with Gasteiger partial charge in [-0.3, -0.25) is 14.3 Å². The molecule has 1 N–H and O–H groups in total. The Morgan fingerprint density at radius 1 is 1.20 bits per heavy atom. The van der Waals surface area contributed by atoms with E-state index in [0.29, 0.717) is 29.3 Å². The van der Waals surface area contributed by atoms with E-state index in [1.807, 2.05) is 31.2 Å². The van der Waals surface area contributed by atoms with Gasteiger partial charge in [0.25, 0.3) is 11.5 Å². The summed E-state index contributed by atoms with van der Waals surface area (Å²) >= 11 is 0. The summed E-state index contributed by atoms with van der Waals surface area (Å²) in [6, 6.07) is 18.1. The molecule has 0 spiro atoms. The summed E-state index contributed by atoms with van der Waals surface area (Å²) in [6.07, 6.45) is 1.46. The van der Waals surface area contributed by atoms with Crippen molar-refractivity contribution < 1.29 is 9.53 Å². The lowest BCUT2D eigenvalue weighted by atomic mass is 10.1. The van der Waals surface area contributed by atoms with E-state index in [-0.39, 0.29) is 16.8 Å². The van der Waals surface area contributed by atoms with Crippen LogP contribution in [0.4, 0.5) is 5.69 Å². The molecule has 0 fully saturated rings. The topological polar surface area (TPSA) is 89.0 Å². The Morgan fingerprint density at radius 2 is 1.93 bits per heavy atom. The first-order chi connectivity index (χ1) is 14.5. The van der Waals surface area contributed by atoms with E-state index in [1.165, 1.54) is 10.8 Å². The lowest BCUT2D eigenvalue weighted by Gasteiger charge is -2.07. The first-order valence-electron chi connectivity index (χ1n) is 9.46. The molecular weight excluding hydrogens is 380 g/mol. The van der Waals surface area contributed by atoms with Crippen LogP contribution in [0.3, 0.4) is 0 Å². The molecule has 0 aliphatic carbocycles. The molecule has 30 heavy (non-hydrogen) atoms. The van der Waals surface area contributed by atoms with Gasteiger partial charge in [0.15, 0.2) is 0 Å². The minimum Gasteiger partial charge on any atom is -0.494 e. The van der Waals surface area contributed by atoms with Crippen LogP contribution in [0.5, 0.6) is 5.75 Å². The third kappa shape index (κ3) is 4.18. The number of carbonyl (C=O) groups excluding carboxylic acids is 1. The summed E-state index contributed by atoms with van der Waals surface area (Å²) in [5, 5.41) is 12.1. The summed E-state index contributed by atoms with van der Waals surface area (Å²) in [6.45, 7) is 4.12. The molecule has 0 radical (unpaired) electrons. The molecule has 3 aromatic rings. The summed E-state index contributed by atoms with van der Waals surface area (Å²) in [7, 11) is 1.74. The molecule has 7 nitrogen and oxygen atoms in total. The lowest BCUT2D eigenvalue weighted by Crippen LogP contribution is -2.23. The van der Waals surface area contributed by atoms with Crippen LogP contribution < -0.4 is 15.6 Å². The highest BCUT2D eigenvalue weighted by atomic mass is 16.5. The number of anilines is 1. The van der Waals surface area contributed by atoms with Crippen molar-refractivity contribution in [2.75, 3.05) is 11.9 Å². The van der Waals surface area contributed by atoms with Gasteiger partial charge in [0.1, 0.15) is 23.1 Å². The number of rotatable bonds is 6. The van der Waals surface area contributed by atoms with Gasteiger partial charge in [0, 0.05) is 7.05 Å². The number of hydrogen-bond donors (Lipinski definition) is 1. The van der Waals surface area contributed by atoms with Crippen LogP contribution in [-0.2, 0) is 11.8 Å². The van der Waals surface area contributed by atoms with Crippen LogP contribution in [0.25, 0.3) is 11.8 Å². The molecule has 0 aliphatic rings. The summed E-state index contributed by atoms with van der Waals surface area (Å²) < 4.78 is 8.57. The molecule has 0 bridgehead atoms. The third-order valence-corrected chi connectivity index (χ3v) is 4.64. The number of benzene rings is 2. The van der Waals surface area contributed by atoms with Crippen molar-refractivity contribution in [3.05, 3.63) is 81.8 Å². The zero-order valence-electron chi connectivity index (χ0n) is 17.0. The highest BCUT2D eigenvalue weighted by Crippen LogP contribution is 2.18. The maximum Gasteiger partial charge on any atom is 0.295 e. The van der Waals surface area contributed by atoms with E-state index in [1.54, 1.807) is 55.1 Å². The Kier molecular flexibility index (Phi) is 6.18. The van der Waals surface area contributed by atoms with E-state index >= 15 is 0 Å². The Bertz CT molecular complexity index is 1200. The van der Waals surface area contributed by atoms with Crippen LogP contribution in [-0.4, -0.2) is 21.9 Å². The second-order valence-electron chi connectivity index (χ2n) is 6.57. The molecule has 0 saturated carbocycles. The number of ether oxygens (including phenoxy) is 1. The van der Waals surface area contributed by atoms with E-state index in [0.717, 1.165) is 0 Å². The molecule has 1 amide bonds. The fourth-order valence-electron chi connectivity index (χ4n) is 3.07. The zero-order chi connectivity index (χ0) is 21.7. The van der Waals surface area contributed by atoms with Crippen molar-refractivity contribution in [3.8, 4) is 17.5 Å². The fourth-order valence-corrected chi connectivity index (χ4v) is 3.07. The molecule has 0 unspecified atom stereocenters. The smallest absolute Gasteiger partial charge is 0.295 e. The molecule has 7 heteroatoms. The van der Waals surface area contributed by atoms with Gasteiger partial charge in [-0.25, -0.2) is 4.68 Å². The molecule has 152 valence electrons. The number of amides is 1. The first-order valence-corrected chi connectivity index (χ1v) is 9.46. The van der Waals surface area contributed by atoms with Gasteiger partial charge in [0.2, 0.25) is 0 Å². The van der Waals surface area contributed by atoms with Crippen LogP contribution in [0, 0.1) is 18.3 Å². The molecule has 1 aromatic heterocycles. The molecule has 0 saturated heterocycles. The van der Waals surface area contributed by atoms with Gasteiger partial charge >= 0.3 is 0 Å². The Morgan fingerprint density at radius 3 is 2.60 bits per heavy atom. The second kappa shape index (κ2) is 8.97. The Balaban J connectivity index is 1.93. The summed E-state index contributed by atoms with van der Waals surface area (Å²) in [4.78, 5) is 25.7. The van der Waals surface area contributed by atoms with Crippen molar-refractivity contribution in [1.29, 1.82) is 5.26 Å². The molecule has 0 atom stereocenters. The van der Waals surface area contributed by atoms with Crippen LogP contribution in [0.1, 0.15) is 18.2 Å². The van der Waals surface area contributed by atoms with Gasteiger partial charge in [-0.15, -0.1) is 0 Å². The van der Waals surface area contributed by atoms with E-state index in [9.17, 15) is 14.9 Å². The maximum absolute atomic E-state index is 12.9. The predicted octanol–water partition coefficient (Wildman–Crippen LogP) is 3.43. The SMILES string of the molecule is CCOc1cccc(/C=C(\C#N)C(=O)Nc2c(C)n(C)n(-c3ccccc3)c2=O)c1. The second-order valence-corrected chi connectivity index (χ2v) is 6.57. The standard InChI is InChI=1S/C23H22N4O3/c1-4-30-20-12-8-9-17(14-20)13-18(15-24)22(28)25-21-16(2)26(3)27(23(21)29)19-10-6-5-7-11-19/h5-14H,4H2,1-3H3,(H,25,28)/b18-13+. The van der Waals surface area contributed by atoms with Gasteiger partial charge in [-0.1, -0.05) is 30.3 Å². The normalized spacial score (nSPS) is 11.1. The van der Waals surface area contributed by atoms with Gasteiger partial charge in [-0.2, -0.15) is 5.26 Å². The first kappa shape index (κ1) is 20.7. The molecular formula is C23H22N4O3. The molecule has 1 heterocycles. The lowest BCUT2D eigenvalue weighted by molar-refractivity contribution is -0.112. The Labute approximate surface area is 174 Å². The van der Waals surface area contributed by atoms with Crippen molar-refractivity contribution in [3.63, 3.8) is 0 Å². The van der Waals surface area contributed by atoms with E-state index in [4.69, 9.17) is 4.74 Å². The number of hydrogen-bond acceptors (Lipinski definition) is 4. The fraction of sp³-hybridized carbons (Fsp3) is 0.174. The monoisotopic (exact) mass is 402 g/mol. The van der Waals surface area contributed by atoms with Crippen molar-refractivity contribution in [2.24, 2.45) is 7.05 Å². The number of nitriles is 1. The number of aromatic nitrogens is 2. The highest BCUT2D eigenvalue weighted by molar-refractivity contribution is 6.09. The van der Waals surface area contributed by atoms with Crippen molar-refractivity contribution in [2.45, 2.75) is 13.8 Å². The predicted molar refractivity (Wildman–Crippen MR) is 116 cm³/mol. The third-order valence-electron chi connectivity index (χ3n) is 4.64. The summed E-state index contributed by atoms with van der Waals surface area (Å²) in [5.41, 5.74) is 1.56. The van der Waals surface area contributed by atoms with Gasteiger partial charge in [0.05, 0.1) is 18.0 Å². The van der Waals surface area contributed by atoms with Gasteiger partial charge in [-0.05, 0) is 49.8 Å². The minimum absolute atomic E-state index is 0.113. The average molecular weight is 402 g/mol. The largest absolute Gasteiger partial charge is 0.494 e. The Hall–Kier alpha value is -4.05. The van der Waals surface area contributed by atoms with Crippen molar-refractivity contribution in [1.82, 2.24) is 9.36 Å². The average Bonchev–Trinajstić information content (AvgIpc) is 2.96. The number of nitrogens with zero attached hydrogens (tertiary/aromatic N) is 3. The number of para-hydroxylation sites is 1. The van der Waals surface area contributed by atoms with Crippen LogP contribution in [0.2, 0.25) is 0 Å². The molecule has 2 aromatic carbocycles. The molecule has 3 rings (SSSR count). The zero-order valence-corrected chi connectivity index (χ0v) is 17.0. The minimum atomic E-state index is -0.648. The molecule has 0 aliphatic heterocycles. The maximum atomic E-state index is 12.9. The number of nitrogens with one attached hydrogen (secondary N) is 1. The van der Waals surface area contributed by atoms with Gasteiger partial charge < -0.3 is 10.1 Å². The van der Waals surface area contributed by atoms with E-state index < -0.39 is 5.91 Å². The summed E-state index contributed by atoms with van der Waals surface area (Å²) in [5.74, 6) is -0.000997.